The van der Waals surface area contributed by atoms with Crippen LogP contribution in [0, 0.1) is 0 Å². The molecule has 1 heterocycles. The van der Waals surface area contributed by atoms with E-state index in [0.29, 0.717) is 5.92 Å². The number of para-hydroxylation sites is 1. The number of benzene rings is 3. The first-order chi connectivity index (χ1) is 9.83. The van der Waals surface area contributed by atoms with Crippen LogP contribution >= 0.6 is 0 Å². The molecule has 20 heavy (non-hydrogen) atoms. The van der Waals surface area contributed by atoms with Gasteiger partial charge in [-0.25, -0.2) is 0 Å². The zero-order valence-electron chi connectivity index (χ0n) is 11.6. The van der Waals surface area contributed by atoms with Crippen molar-refractivity contribution in [3.8, 4) is 0 Å². The predicted octanol–water partition coefficient (Wildman–Crippen LogP) is 5.24. The summed E-state index contributed by atoms with van der Waals surface area (Å²) in [5.74, 6) is 0.533. The molecule has 3 aromatic carbocycles. The molecule has 1 aliphatic heterocycles. The summed E-state index contributed by atoms with van der Waals surface area (Å²) in [5.41, 5.74) is 5.34. The van der Waals surface area contributed by atoms with Crippen LogP contribution in [0.15, 0.2) is 60.7 Å². The smallest absolute Gasteiger partial charge is 0.0499 e. The van der Waals surface area contributed by atoms with Crippen LogP contribution in [0.5, 0.6) is 0 Å². The van der Waals surface area contributed by atoms with E-state index in [2.05, 4.69) is 72.9 Å². The van der Waals surface area contributed by atoms with E-state index in [1.807, 2.05) is 0 Å². The molecule has 1 nitrogen and oxygen atoms in total. The largest absolute Gasteiger partial charge is 0.355 e. The molecular formula is C19H17N. The van der Waals surface area contributed by atoms with Crippen molar-refractivity contribution in [2.45, 2.75) is 19.3 Å². The highest BCUT2D eigenvalue weighted by Gasteiger charge is 2.19. The minimum atomic E-state index is 0.533. The fraction of sp³-hybridized carbons (Fsp3) is 0.158. The van der Waals surface area contributed by atoms with Crippen molar-refractivity contribution in [1.29, 1.82) is 0 Å². The van der Waals surface area contributed by atoms with Crippen molar-refractivity contribution in [3.05, 3.63) is 71.8 Å². The minimum Gasteiger partial charge on any atom is -0.355 e. The average molecular weight is 259 g/mol. The molecule has 0 saturated carbocycles. The summed E-state index contributed by atoms with van der Waals surface area (Å²) in [6, 6.07) is 21.8. The van der Waals surface area contributed by atoms with E-state index < -0.39 is 0 Å². The summed E-state index contributed by atoms with van der Waals surface area (Å²) >= 11 is 0. The maximum absolute atomic E-state index is 3.68. The molecule has 1 heteroatoms. The highest BCUT2D eigenvalue weighted by atomic mass is 14.9. The lowest BCUT2D eigenvalue weighted by molar-refractivity contribution is 0.770. The van der Waals surface area contributed by atoms with Gasteiger partial charge in [0.15, 0.2) is 0 Å². The van der Waals surface area contributed by atoms with Crippen molar-refractivity contribution in [1.82, 2.24) is 0 Å². The Hall–Kier alpha value is -2.28. The van der Waals surface area contributed by atoms with Gasteiger partial charge in [-0.2, -0.15) is 0 Å². The first-order valence-corrected chi connectivity index (χ1v) is 7.19. The third-order valence-electron chi connectivity index (χ3n) is 4.30. The van der Waals surface area contributed by atoms with Crippen LogP contribution in [0.2, 0.25) is 0 Å². The molecule has 0 saturated heterocycles. The fourth-order valence-electron chi connectivity index (χ4n) is 3.23. The third kappa shape index (κ3) is 1.70. The van der Waals surface area contributed by atoms with Gasteiger partial charge in [-0.05, 0) is 34.9 Å². The lowest BCUT2D eigenvalue weighted by Crippen LogP contribution is -1.97. The van der Waals surface area contributed by atoms with Crippen molar-refractivity contribution >= 4 is 22.1 Å². The number of fused-ring (bicyclic) bond motifs is 4. The Bertz CT molecular complexity index is 789. The molecule has 1 unspecified atom stereocenters. The highest BCUT2D eigenvalue weighted by Crippen LogP contribution is 2.40. The summed E-state index contributed by atoms with van der Waals surface area (Å²) < 4.78 is 0. The van der Waals surface area contributed by atoms with E-state index in [-0.39, 0.29) is 0 Å². The Kier molecular flexibility index (Phi) is 2.53. The van der Waals surface area contributed by atoms with Gasteiger partial charge in [0.1, 0.15) is 0 Å². The lowest BCUT2D eigenvalue weighted by atomic mass is 9.92. The number of hydrogen-bond acceptors (Lipinski definition) is 1. The van der Waals surface area contributed by atoms with E-state index in [1.165, 1.54) is 33.3 Å². The molecule has 0 bridgehead atoms. The van der Waals surface area contributed by atoms with Gasteiger partial charge in [0.2, 0.25) is 0 Å². The maximum atomic E-state index is 3.68. The van der Waals surface area contributed by atoms with Crippen LogP contribution in [0.3, 0.4) is 0 Å². The zero-order chi connectivity index (χ0) is 13.5. The van der Waals surface area contributed by atoms with Crippen molar-refractivity contribution in [3.63, 3.8) is 0 Å². The average Bonchev–Trinajstić information content (AvgIpc) is 2.63. The summed E-state index contributed by atoms with van der Waals surface area (Å²) in [7, 11) is 0. The van der Waals surface area contributed by atoms with E-state index in [1.54, 1.807) is 0 Å². The molecule has 0 spiro atoms. The first-order valence-electron chi connectivity index (χ1n) is 7.19. The van der Waals surface area contributed by atoms with Crippen LogP contribution in [-0.2, 0) is 6.42 Å². The van der Waals surface area contributed by atoms with Gasteiger partial charge in [-0.15, -0.1) is 0 Å². The number of anilines is 2. The number of nitrogens with one attached hydrogen (secondary N) is 1. The Morgan fingerprint density at radius 2 is 1.70 bits per heavy atom. The number of rotatable bonds is 0. The molecule has 3 aromatic rings. The van der Waals surface area contributed by atoms with Crippen LogP contribution in [-0.4, -0.2) is 0 Å². The number of hydrogen-bond donors (Lipinski definition) is 1. The molecule has 0 aliphatic carbocycles. The summed E-state index contributed by atoms with van der Waals surface area (Å²) in [6.45, 7) is 2.32. The van der Waals surface area contributed by atoms with E-state index in [0.717, 1.165) is 6.42 Å². The molecule has 1 aliphatic rings. The van der Waals surface area contributed by atoms with E-state index in [4.69, 9.17) is 0 Å². The standard InChI is InChI=1S/C19H17N/c1-13-12-15-7-3-5-9-18(15)20-19-16(13)11-10-14-6-2-4-8-17(14)19/h2-11,13,20H,12H2,1H3. The van der Waals surface area contributed by atoms with Gasteiger partial charge in [-0.1, -0.05) is 61.5 Å². The van der Waals surface area contributed by atoms with Crippen molar-refractivity contribution in [2.75, 3.05) is 5.32 Å². The summed E-state index contributed by atoms with van der Waals surface area (Å²) in [6.07, 6.45) is 1.09. The maximum Gasteiger partial charge on any atom is 0.0499 e. The van der Waals surface area contributed by atoms with E-state index in [9.17, 15) is 0 Å². The van der Waals surface area contributed by atoms with E-state index >= 15 is 0 Å². The van der Waals surface area contributed by atoms with Gasteiger partial charge in [0.05, 0.1) is 0 Å². The Labute approximate surface area is 119 Å². The van der Waals surface area contributed by atoms with Gasteiger partial charge >= 0.3 is 0 Å². The Balaban J connectivity index is 2.01. The summed E-state index contributed by atoms with van der Waals surface area (Å²) in [5, 5.41) is 6.29. The SMILES string of the molecule is CC1Cc2ccccc2Nc2c1ccc1ccccc21. The highest BCUT2D eigenvalue weighted by molar-refractivity contribution is 5.98. The second-order valence-corrected chi connectivity index (χ2v) is 5.64. The first kappa shape index (κ1) is 11.5. The van der Waals surface area contributed by atoms with Gasteiger partial charge < -0.3 is 5.32 Å². The monoisotopic (exact) mass is 259 g/mol. The molecule has 0 aromatic heterocycles. The molecule has 0 fully saturated rings. The Morgan fingerprint density at radius 1 is 0.900 bits per heavy atom. The molecule has 1 N–H and O–H groups in total. The van der Waals surface area contributed by atoms with Crippen LogP contribution < -0.4 is 5.32 Å². The zero-order valence-corrected chi connectivity index (χ0v) is 11.6. The molecule has 0 amide bonds. The van der Waals surface area contributed by atoms with Gasteiger partial charge in [0, 0.05) is 16.8 Å². The normalized spacial score (nSPS) is 16.9. The predicted molar refractivity (Wildman–Crippen MR) is 85.8 cm³/mol. The second kappa shape index (κ2) is 4.38. The van der Waals surface area contributed by atoms with Crippen molar-refractivity contribution in [2.24, 2.45) is 0 Å². The lowest BCUT2D eigenvalue weighted by Gasteiger charge is -2.15. The van der Waals surface area contributed by atoms with Gasteiger partial charge in [-0.3, -0.25) is 0 Å². The molecule has 0 radical (unpaired) electrons. The molecular weight excluding hydrogens is 242 g/mol. The van der Waals surface area contributed by atoms with Gasteiger partial charge in [0.25, 0.3) is 0 Å². The van der Waals surface area contributed by atoms with Crippen LogP contribution in [0.4, 0.5) is 11.4 Å². The van der Waals surface area contributed by atoms with Crippen LogP contribution in [0.1, 0.15) is 24.0 Å². The summed E-state index contributed by atoms with van der Waals surface area (Å²) in [4.78, 5) is 0. The third-order valence-corrected chi connectivity index (χ3v) is 4.30. The molecule has 98 valence electrons. The Morgan fingerprint density at radius 3 is 2.65 bits per heavy atom. The fourth-order valence-corrected chi connectivity index (χ4v) is 3.23. The topological polar surface area (TPSA) is 12.0 Å². The minimum absolute atomic E-state index is 0.533. The molecule has 4 rings (SSSR count). The second-order valence-electron chi connectivity index (χ2n) is 5.64. The van der Waals surface area contributed by atoms with Crippen molar-refractivity contribution < 1.29 is 0 Å². The molecule has 1 atom stereocenters. The van der Waals surface area contributed by atoms with Crippen LogP contribution in [0.25, 0.3) is 10.8 Å². The quantitative estimate of drug-likeness (QED) is 0.582.